The molecule has 0 aliphatic carbocycles. The molecular formula is C22H16Cl2N2O3. The molecule has 1 atom stereocenters. The largest absolute Gasteiger partial charge is 0.375 e. The third-order valence-corrected chi connectivity index (χ3v) is 5.43. The fourth-order valence-corrected chi connectivity index (χ4v) is 3.78. The number of halogens is 2. The van der Waals surface area contributed by atoms with Crippen molar-refractivity contribution in [3.8, 4) is 0 Å². The van der Waals surface area contributed by atoms with Crippen LogP contribution in [0.4, 0.5) is 5.69 Å². The second-order valence-corrected chi connectivity index (χ2v) is 7.75. The summed E-state index contributed by atoms with van der Waals surface area (Å²) in [4.78, 5) is 31.4. The summed E-state index contributed by atoms with van der Waals surface area (Å²) >= 11 is 12.1. The Morgan fingerprint density at radius 3 is 2.48 bits per heavy atom. The minimum Gasteiger partial charge on any atom is -0.375 e. The zero-order valence-corrected chi connectivity index (χ0v) is 16.7. The van der Waals surface area contributed by atoms with Gasteiger partial charge in [0.2, 0.25) is 0 Å². The molecule has 0 saturated heterocycles. The Labute approximate surface area is 177 Å². The third kappa shape index (κ3) is 3.65. The monoisotopic (exact) mass is 426 g/mol. The number of pyridine rings is 1. The van der Waals surface area contributed by atoms with E-state index in [-0.39, 0.29) is 12.3 Å². The van der Waals surface area contributed by atoms with E-state index in [9.17, 15) is 14.7 Å². The lowest BCUT2D eigenvalue weighted by molar-refractivity contribution is -0.136. The first kappa shape index (κ1) is 19.6. The van der Waals surface area contributed by atoms with Crippen LogP contribution in [0.5, 0.6) is 0 Å². The van der Waals surface area contributed by atoms with Gasteiger partial charge in [0, 0.05) is 33.6 Å². The fraction of sp³-hybridized carbons (Fsp3) is 0.136. The molecular weight excluding hydrogens is 411 g/mol. The number of hydrogen-bond donors (Lipinski definition) is 1. The van der Waals surface area contributed by atoms with Gasteiger partial charge < -0.3 is 10.0 Å². The Bertz CT molecular complexity index is 1090. The molecule has 2 heterocycles. The van der Waals surface area contributed by atoms with Gasteiger partial charge in [-0.05, 0) is 48.0 Å². The summed E-state index contributed by atoms with van der Waals surface area (Å²) < 4.78 is 0. The first-order chi connectivity index (χ1) is 13.9. The number of benzene rings is 2. The van der Waals surface area contributed by atoms with Crippen LogP contribution in [-0.2, 0) is 16.9 Å². The Balaban J connectivity index is 1.71. The second-order valence-electron chi connectivity index (χ2n) is 6.88. The standard InChI is InChI=1S/C22H16Cl2N2O3/c23-16-5-3-14(4-6-16)13-26-19-8-7-17(24)10-18(19)22(29,21(26)28)11-20(27)15-2-1-9-25-12-15/h1-10,12,29H,11,13H2. The average Bonchev–Trinajstić information content (AvgIpc) is 2.92. The van der Waals surface area contributed by atoms with E-state index in [2.05, 4.69) is 4.98 Å². The van der Waals surface area contributed by atoms with E-state index in [0.717, 1.165) is 5.56 Å². The number of aliphatic hydroxyl groups is 1. The molecule has 1 N–H and O–H groups in total. The molecule has 2 aromatic carbocycles. The van der Waals surface area contributed by atoms with Crippen molar-refractivity contribution in [2.75, 3.05) is 4.90 Å². The maximum Gasteiger partial charge on any atom is 0.264 e. The number of rotatable bonds is 5. The van der Waals surface area contributed by atoms with Gasteiger partial charge in [-0.15, -0.1) is 0 Å². The summed E-state index contributed by atoms with van der Waals surface area (Å²) in [6.07, 6.45) is 2.56. The summed E-state index contributed by atoms with van der Waals surface area (Å²) in [7, 11) is 0. The van der Waals surface area contributed by atoms with E-state index in [4.69, 9.17) is 23.2 Å². The van der Waals surface area contributed by atoms with Crippen molar-refractivity contribution in [1.29, 1.82) is 0 Å². The number of nitrogens with zero attached hydrogens (tertiary/aromatic N) is 2. The highest BCUT2D eigenvalue weighted by Gasteiger charge is 2.51. The molecule has 3 aromatic rings. The van der Waals surface area contributed by atoms with Gasteiger partial charge in [-0.3, -0.25) is 14.6 Å². The van der Waals surface area contributed by atoms with Crippen LogP contribution in [0.3, 0.4) is 0 Å². The fourth-order valence-electron chi connectivity index (χ4n) is 3.49. The Kier molecular flexibility index (Phi) is 5.13. The number of carbonyl (C=O) groups excluding carboxylic acids is 2. The second kappa shape index (κ2) is 7.59. The number of Topliss-reactive ketones (excluding diaryl/α,β-unsaturated/α-hetero) is 1. The number of fused-ring (bicyclic) bond motifs is 1. The summed E-state index contributed by atoms with van der Waals surface area (Å²) in [6, 6.07) is 15.2. The molecule has 4 rings (SSSR count). The van der Waals surface area contributed by atoms with Gasteiger partial charge in [-0.2, -0.15) is 0 Å². The smallest absolute Gasteiger partial charge is 0.264 e. The quantitative estimate of drug-likeness (QED) is 0.613. The third-order valence-electron chi connectivity index (χ3n) is 4.95. The normalized spacial score (nSPS) is 18.0. The maximum atomic E-state index is 13.3. The summed E-state index contributed by atoms with van der Waals surface area (Å²) in [5.41, 5.74) is 0.0107. The van der Waals surface area contributed by atoms with E-state index in [1.807, 2.05) is 12.1 Å². The molecule has 146 valence electrons. The summed E-state index contributed by atoms with van der Waals surface area (Å²) in [5.74, 6) is -0.949. The first-order valence-corrected chi connectivity index (χ1v) is 9.66. The first-order valence-electron chi connectivity index (χ1n) is 8.90. The number of carbonyl (C=O) groups is 2. The molecule has 0 radical (unpaired) electrons. The van der Waals surface area contributed by atoms with Crippen LogP contribution in [-0.4, -0.2) is 21.8 Å². The highest BCUT2D eigenvalue weighted by atomic mass is 35.5. The van der Waals surface area contributed by atoms with E-state index in [1.165, 1.54) is 17.2 Å². The van der Waals surface area contributed by atoms with Gasteiger partial charge in [0.15, 0.2) is 11.4 Å². The number of anilines is 1. The van der Waals surface area contributed by atoms with Gasteiger partial charge in [-0.25, -0.2) is 0 Å². The molecule has 0 bridgehead atoms. The zero-order valence-electron chi connectivity index (χ0n) is 15.2. The average molecular weight is 427 g/mol. The van der Waals surface area contributed by atoms with Crippen LogP contribution in [0.25, 0.3) is 0 Å². The van der Waals surface area contributed by atoms with Gasteiger partial charge in [-0.1, -0.05) is 35.3 Å². The Morgan fingerprint density at radius 1 is 1.07 bits per heavy atom. The lowest BCUT2D eigenvalue weighted by atomic mass is 9.88. The molecule has 7 heteroatoms. The molecule has 0 spiro atoms. The summed E-state index contributed by atoms with van der Waals surface area (Å²) in [6.45, 7) is 0.230. The van der Waals surface area contributed by atoms with Gasteiger partial charge in [0.05, 0.1) is 18.7 Å². The number of aromatic nitrogens is 1. The predicted molar refractivity (Wildman–Crippen MR) is 111 cm³/mol. The summed E-state index contributed by atoms with van der Waals surface area (Å²) in [5, 5.41) is 12.3. The van der Waals surface area contributed by atoms with Crippen LogP contribution in [0.1, 0.15) is 27.9 Å². The van der Waals surface area contributed by atoms with Crippen molar-refractivity contribution in [3.63, 3.8) is 0 Å². The molecule has 1 aliphatic rings. The Morgan fingerprint density at radius 2 is 1.79 bits per heavy atom. The van der Waals surface area contributed by atoms with E-state index < -0.39 is 17.9 Å². The van der Waals surface area contributed by atoms with Crippen LogP contribution >= 0.6 is 23.2 Å². The number of amides is 1. The van der Waals surface area contributed by atoms with E-state index >= 15 is 0 Å². The SMILES string of the molecule is O=C(CC1(O)C(=O)N(Cc2ccc(Cl)cc2)c2ccc(Cl)cc21)c1cccnc1. The van der Waals surface area contributed by atoms with Gasteiger partial charge in [0.1, 0.15) is 0 Å². The van der Waals surface area contributed by atoms with Gasteiger partial charge in [0.25, 0.3) is 5.91 Å². The maximum absolute atomic E-state index is 13.3. The minimum atomic E-state index is -2.00. The van der Waals surface area contributed by atoms with Crippen molar-refractivity contribution in [2.45, 2.75) is 18.6 Å². The highest BCUT2D eigenvalue weighted by Crippen LogP contribution is 2.44. The number of ketones is 1. The van der Waals surface area contributed by atoms with E-state index in [0.29, 0.717) is 26.9 Å². The molecule has 1 aliphatic heterocycles. The molecule has 0 fully saturated rings. The van der Waals surface area contributed by atoms with E-state index in [1.54, 1.807) is 42.6 Å². The van der Waals surface area contributed by atoms with Crippen molar-refractivity contribution >= 4 is 40.6 Å². The van der Waals surface area contributed by atoms with Crippen LogP contribution in [0.2, 0.25) is 10.0 Å². The van der Waals surface area contributed by atoms with Crippen LogP contribution < -0.4 is 4.90 Å². The minimum absolute atomic E-state index is 0.230. The predicted octanol–water partition coefficient (Wildman–Crippen LogP) is 4.40. The molecule has 1 unspecified atom stereocenters. The molecule has 5 nitrogen and oxygen atoms in total. The molecule has 1 amide bonds. The van der Waals surface area contributed by atoms with Crippen molar-refractivity contribution in [3.05, 3.63) is 93.7 Å². The van der Waals surface area contributed by atoms with Crippen molar-refractivity contribution in [1.82, 2.24) is 4.98 Å². The Hall–Kier alpha value is -2.73. The highest BCUT2D eigenvalue weighted by molar-refractivity contribution is 6.31. The lowest BCUT2D eigenvalue weighted by Crippen LogP contribution is -2.41. The zero-order chi connectivity index (χ0) is 20.6. The molecule has 29 heavy (non-hydrogen) atoms. The topological polar surface area (TPSA) is 70.5 Å². The van der Waals surface area contributed by atoms with Gasteiger partial charge >= 0.3 is 0 Å². The van der Waals surface area contributed by atoms with Crippen molar-refractivity contribution in [2.24, 2.45) is 0 Å². The van der Waals surface area contributed by atoms with Crippen LogP contribution in [0.15, 0.2) is 67.0 Å². The van der Waals surface area contributed by atoms with Crippen LogP contribution in [0, 0.1) is 0 Å². The lowest BCUT2D eigenvalue weighted by Gasteiger charge is -2.23. The van der Waals surface area contributed by atoms with Crippen molar-refractivity contribution < 1.29 is 14.7 Å². The molecule has 1 aromatic heterocycles. The molecule has 0 saturated carbocycles. The number of hydrogen-bond acceptors (Lipinski definition) is 4.